The molecule has 1 fully saturated rings. The molecule has 8 nitrogen and oxygen atoms in total. The number of nitrogens with zero attached hydrogens (tertiary/aromatic N) is 3. The van der Waals surface area contributed by atoms with Crippen molar-refractivity contribution < 1.29 is 26.3 Å². The van der Waals surface area contributed by atoms with Crippen molar-refractivity contribution in [3.8, 4) is 11.4 Å². The average molecular weight is 551 g/mol. The summed E-state index contributed by atoms with van der Waals surface area (Å²) in [6.45, 7) is 0. The topological polar surface area (TPSA) is 103 Å². The van der Waals surface area contributed by atoms with Crippen LogP contribution in [0, 0.1) is 5.92 Å². The largest absolute Gasteiger partial charge is 0.495 e. The first-order valence-corrected chi connectivity index (χ1v) is 12.8. The van der Waals surface area contributed by atoms with Gasteiger partial charge < -0.3 is 4.74 Å². The van der Waals surface area contributed by atoms with Crippen LogP contribution in [-0.2, 0) is 10.0 Å². The van der Waals surface area contributed by atoms with Crippen LogP contribution in [0.4, 0.5) is 19.1 Å². The van der Waals surface area contributed by atoms with Crippen molar-refractivity contribution in [2.45, 2.75) is 23.4 Å². The van der Waals surface area contributed by atoms with Crippen LogP contribution in [0.5, 0.6) is 5.75 Å². The molecule has 1 aliphatic rings. The first-order chi connectivity index (χ1) is 17.5. The molecule has 0 saturated heterocycles. The van der Waals surface area contributed by atoms with Gasteiger partial charge in [-0.15, -0.1) is 0 Å². The summed E-state index contributed by atoms with van der Waals surface area (Å²) in [4.78, 5) is 20.5. The van der Waals surface area contributed by atoms with E-state index in [2.05, 4.69) is 14.7 Å². The third-order valence-electron chi connectivity index (χ3n) is 6.12. The predicted octanol–water partition coefficient (Wildman–Crippen LogP) is 4.91. The summed E-state index contributed by atoms with van der Waals surface area (Å²) in [5.41, 5.74) is 0.368. The van der Waals surface area contributed by atoms with Crippen molar-refractivity contribution in [1.82, 2.24) is 14.5 Å². The molecule has 2 aromatic heterocycles. The zero-order valence-electron chi connectivity index (χ0n) is 19.0. The lowest BCUT2D eigenvalue weighted by molar-refractivity contribution is -0.148. The lowest BCUT2D eigenvalue weighted by Gasteiger charge is -2.17. The second-order valence-electron chi connectivity index (χ2n) is 8.44. The molecule has 1 aliphatic carbocycles. The highest BCUT2D eigenvalue weighted by molar-refractivity contribution is 7.92. The molecule has 0 radical (unpaired) electrons. The van der Waals surface area contributed by atoms with E-state index in [1.54, 1.807) is 6.07 Å². The van der Waals surface area contributed by atoms with Gasteiger partial charge in [-0.1, -0.05) is 11.6 Å². The number of halogens is 4. The number of fused-ring (bicyclic) bond motifs is 1. The monoisotopic (exact) mass is 550 g/mol. The molecule has 1 N–H and O–H groups in total. The molecular weight excluding hydrogens is 533 g/mol. The van der Waals surface area contributed by atoms with Crippen LogP contribution in [0.25, 0.3) is 16.6 Å². The van der Waals surface area contributed by atoms with Crippen molar-refractivity contribution in [1.29, 1.82) is 0 Å². The maximum atomic E-state index is 13.1. The maximum absolute atomic E-state index is 13.1. The molecule has 1 saturated carbocycles. The number of alkyl halides is 3. The van der Waals surface area contributed by atoms with Crippen LogP contribution in [-0.4, -0.2) is 36.2 Å². The Kier molecular flexibility index (Phi) is 6.11. The van der Waals surface area contributed by atoms with Gasteiger partial charge in [0.05, 0.1) is 29.1 Å². The van der Waals surface area contributed by atoms with Gasteiger partial charge in [-0.3, -0.25) is 9.36 Å². The second-order valence-corrected chi connectivity index (χ2v) is 10.5. The van der Waals surface area contributed by atoms with Gasteiger partial charge in [-0.2, -0.15) is 13.2 Å². The normalized spacial score (nSPS) is 17.5. The van der Waals surface area contributed by atoms with Gasteiger partial charge in [-0.25, -0.2) is 23.1 Å². The van der Waals surface area contributed by atoms with E-state index in [1.807, 2.05) is 0 Å². The molecule has 0 bridgehead atoms. The van der Waals surface area contributed by atoms with Crippen LogP contribution >= 0.6 is 11.6 Å². The van der Waals surface area contributed by atoms with Gasteiger partial charge in [0, 0.05) is 28.9 Å². The van der Waals surface area contributed by atoms with Crippen LogP contribution in [0.1, 0.15) is 17.9 Å². The van der Waals surface area contributed by atoms with E-state index < -0.39 is 33.6 Å². The summed E-state index contributed by atoms with van der Waals surface area (Å²) in [7, 11) is -2.70. The number of anilines is 1. The fraction of sp³-hybridized carbons (Fsp3) is 0.208. The second kappa shape index (κ2) is 9.03. The van der Waals surface area contributed by atoms with Crippen molar-refractivity contribution in [2.75, 3.05) is 11.8 Å². The van der Waals surface area contributed by atoms with Gasteiger partial charge in [0.2, 0.25) is 5.95 Å². The van der Waals surface area contributed by atoms with Crippen LogP contribution in [0.15, 0.2) is 70.6 Å². The van der Waals surface area contributed by atoms with E-state index in [-0.39, 0.29) is 33.7 Å². The maximum Gasteiger partial charge on any atom is 0.392 e. The van der Waals surface area contributed by atoms with E-state index >= 15 is 0 Å². The Morgan fingerprint density at radius 3 is 2.49 bits per heavy atom. The molecule has 2 atom stereocenters. The number of ether oxygens (including phenoxy) is 1. The van der Waals surface area contributed by atoms with Gasteiger partial charge in [0.1, 0.15) is 5.75 Å². The van der Waals surface area contributed by atoms with Gasteiger partial charge >= 0.3 is 6.18 Å². The fourth-order valence-corrected chi connectivity index (χ4v) is 5.54. The number of nitrogens with one attached hydrogen (secondary N) is 1. The van der Waals surface area contributed by atoms with Crippen molar-refractivity contribution in [3.05, 3.63) is 81.9 Å². The lowest BCUT2D eigenvalue weighted by Crippen LogP contribution is -2.19. The standard InChI is InChI=1S/C24H18ClF3N4O4S/c1-36-21-11-16(15-10-17(15)24(26,27)28)18(25)12-20(21)32-19-5-4-14(9-13(19)3-6-22(32)33)37(34,35)31-23-29-7-2-8-30-23/h2-9,11-12,15,17H,10H2,1H3,(H,29,30,31)/t15-,17+/m0/s1. The molecule has 13 heteroatoms. The van der Waals surface area contributed by atoms with E-state index in [1.165, 1.54) is 66.5 Å². The highest BCUT2D eigenvalue weighted by Crippen LogP contribution is 2.58. The van der Waals surface area contributed by atoms with E-state index in [9.17, 15) is 26.4 Å². The van der Waals surface area contributed by atoms with Gasteiger partial charge in [0.15, 0.2) is 0 Å². The number of sulfonamides is 1. The highest BCUT2D eigenvalue weighted by Gasteiger charge is 2.56. The number of methoxy groups -OCH3 is 1. The molecule has 0 spiro atoms. The molecule has 37 heavy (non-hydrogen) atoms. The van der Waals surface area contributed by atoms with E-state index in [0.717, 1.165) is 0 Å². The fourth-order valence-electron chi connectivity index (χ4n) is 4.25. The number of hydrogen-bond acceptors (Lipinski definition) is 6. The summed E-state index contributed by atoms with van der Waals surface area (Å²) < 4.78 is 74.0. The van der Waals surface area contributed by atoms with Crippen LogP contribution < -0.4 is 15.0 Å². The molecule has 192 valence electrons. The van der Waals surface area contributed by atoms with Gasteiger partial charge in [0.25, 0.3) is 15.6 Å². The summed E-state index contributed by atoms with van der Waals surface area (Å²) in [5, 5.41) is 0.473. The third kappa shape index (κ3) is 4.74. The van der Waals surface area contributed by atoms with E-state index in [4.69, 9.17) is 16.3 Å². The Morgan fingerprint density at radius 1 is 1.11 bits per heavy atom. The first kappa shape index (κ1) is 25.0. The first-order valence-electron chi connectivity index (χ1n) is 10.9. The minimum absolute atomic E-state index is 0.0702. The molecule has 4 aromatic rings. The number of aromatic nitrogens is 3. The number of benzene rings is 2. The summed E-state index contributed by atoms with van der Waals surface area (Å²) in [6, 6.07) is 11.2. The number of pyridine rings is 1. The predicted molar refractivity (Wildman–Crippen MR) is 131 cm³/mol. The van der Waals surface area contributed by atoms with Crippen molar-refractivity contribution in [2.24, 2.45) is 5.92 Å². The SMILES string of the molecule is COc1cc([C@@H]2C[C@H]2C(F)(F)F)c(Cl)cc1-n1c(=O)ccc2cc(S(=O)(=O)Nc3ncccn3)ccc21. The number of hydrogen-bond donors (Lipinski definition) is 1. The minimum Gasteiger partial charge on any atom is -0.495 e. The van der Waals surface area contributed by atoms with Crippen molar-refractivity contribution in [3.63, 3.8) is 0 Å². The Labute approximate surface area is 213 Å². The summed E-state index contributed by atoms with van der Waals surface area (Å²) in [6.07, 6.45) is -1.62. The highest BCUT2D eigenvalue weighted by atomic mass is 35.5. The summed E-state index contributed by atoms with van der Waals surface area (Å²) in [5.74, 6) is -2.21. The summed E-state index contributed by atoms with van der Waals surface area (Å²) >= 11 is 6.39. The zero-order chi connectivity index (χ0) is 26.5. The molecule has 0 aliphatic heterocycles. The molecule has 0 unspecified atom stereocenters. The molecular formula is C24H18ClF3N4O4S. The Balaban J connectivity index is 1.58. The lowest BCUT2D eigenvalue weighted by atomic mass is 10.1. The van der Waals surface area contributed by atoms with Gasteiger partial charge in [-0.05, 0) is 60.4 Å². The minimum atomic E-state index is -4.33. The zero-order valence-corrected chi connectivity index (χ0v) is 20.6. The van der Waals surface area contributed by atoms with Crippen LogP contribution in [0.3, 0.4) is 0 Å². The Bertz CT molecular complexity index is 1680. The average Bonchev–Trinajstić information content (AvgIpc) is 3.65. The molecule has 2 heterocycles. The van der Waals surface area contributed by atoms with Crippen LogP contribution in [0.2, 0.25) is 5.02 Å². The molecule has 2 aromatic carbocycles. The third-order valence-corrected chi connectivity index (χ3v) is 7.77. The molecule has 0 amide bonds. The number of rotatable bonds is 6. The Morgan fingerprint density at radius 2 is 1.84 bits per heavy atom. The Hall–Kier alpha value is -3.64. The molecule has 5 rings (SSSR count). The smallest absolute Gasteiger partial charge is 0.392 e. The van der Waals surface area contributed by atoms with E-state index in [0.29, 0.717) is 16.5 Å². The van der Waals surface area contributed by atoms with Crippen molar-refractivity contribution >= 4 is 38.5 Å². The quantitative estimate of drug-likeness (QED) is 0.366.